The fourth-order valence-corrected chi connectivity index (χ4v) is 2.52. The van der Waals surface area contributed by atoms with Crippen molar-refractivity contribution in [2.75, 3.05) is 13.2 Å². The van der Waals surface area contributed by atoms with E-state index < -0.39 is 5.97 Å². The Hall–Kier alpha value is 0.430. The van der Waals surface area contributed by atoms with Gasteiger partial charge >= 0.3 is 29.6 Å². The Balaban J connectivity index is 0. The van der Waals surface area contributed by atoms with Gasteiger partial charge in [0.05, 0.1) is 12.6 Å². The molecule has 0 radical (unpaired) electrons. The number of aliphatic carboxylic acids is 1. The zero-order chi connectivity index (χ0) is 15.1. The molecule has 0 bridgehead atoms. The number of rotatable bonds is 15. The number of hydrogen-bond acceptors (Lipinski definition) is 3. The first-order valence-electron chi connectivity index (χ1n) is 8.48. The van der Waals surface area contributed by atoms with Crippen LogP contribution in [0.15, 0.2) is 0 Å². The van der Waals surface area contributed by atoms with E-state index in [1.54, 1.807) is 0 Å². The van der Waals surface area contributed by atoms with Crippen molar-refractivity contribution < 1.29 is 44.2 Å². The molecule has 0 N–H and O–H groups in total. The van der Waals surface area contributed by atoms with E-state index in [2.05, 4.69) is 13.8 Å². The van der Waals surface area contributed by atoms with E-state index in [9.17, 15) is 9.90 Å². The molecule has 0 saturated heterocycles. The summed E-state index contributed by atoms with van der Waals surface area (Å²) in [4.78, 5) is 10.4. The number of hydrogen-bond donors (Lipinski definition) is 0. The maximum Gasteiger partial charge on any atom is 1.00 e. The van der Waals surface area contributed by atoms with Crippen LogP contribution in [0.2, 0.25) is 0 Å². The second-order valence-corrected chi connectivity index (χ2v) is 5.81. The van der Waals surface area contributed by atoms with Gasteiger partial charge in [-0.05, 0) is 18.8 Å². The average Bonchev–Trinajstić information content (AvgIpc) is 2.42. The summed E-state index contributed by atoms with van der Waals surface area (Å²) < 4.78 is 5.23. The predicted octanol–water partition coefficient (Wildman–Crippen LogP) is 0.704. The van der Waals surface area contributed by atoms with Crippen LogP contribution in [-0.2, 0) is 9.53 Å². The first-order valence-corrected chi connectivity index (χ1v) is 8.48. The van der Waals surface area contributed by atoms with E-state index in [1.165, 1.54) is 70.6 Å². The molecule has 0 rings (SSSR count). The van der Waals surface area contributed by atoms with Gasteiger partial charge in [-0.3, -0.25) is 0 Å². The second kappa shape index (κ2) is 18.5. The molecule has 21 heavy (non-hydrogen) atoms. The van der Waals surface area contributed by atoms with Crippen molar-refractivity contribution in [3.63, 3.8) is 0 Å². The molecule has 0 aromatic rings. The van der Waals surface area contributed by atoms with Crippen LogP contribution in [0, 0.1) is 5.92 Å². The molecule has 0 amide bonds. The standard InChI is InChI=1S/C17H34O3.Na/c1-3-5-7-9-11-13-16(12-10-8-6-4-2)14-20-15-17(18)19;/h16H,3-15H2,1-2H3,(H,18,19);/q;+1/p-1. The minimum atomic E-state index is -1.11. The van der Waals surface area contributed by atoms with E-state index in [0.29, 0.717) is 12.5 Å². The summed E-state index contributed by atoms with van der Waals surface area (Å²) in [6.45, 7) is 4.76. The van der Waals surface area contributed by atoms with Crippen molar-refractivity contribution in [2.45, 2.75) is 84.5 Å². The Morgan fingerprint density at radius 2 is 1.38 bits per heavy atom. The molecule has 0 aliphatic rings. The van der Waals surface area contributed by atoms with Crippen LogP contribution in [-0.4, -0.2) is 19.2 Å². The van der Waals surface area contributed by atoms with E-state index in [0.717, 1.165) is 0 Å². The van der Waals surface area contributed by atoms with E-state index in [4.69, 9.17) is 4.74 Å². The van der Waals surface area contributed by atoms with E-state index >= 15 is 0 Å². The first kappa shape index (κ1) is 23.7. The van der Waals surface area contributed by atoms with Crippen LogP contribution in [0.1, 0.15) is 84.5 Å². The van der Waals surface area contributed by atoms with Gasteiger partial charge < -0.3 is 14.6 Å². The molecule has 0 aromatic heterocycles. The van der Waals surface area contributed by atoms with Crippen LogP contribution in [0.5, 0.6) is 0 Å². The molecular weight excluding hydrogens is 275 g/mol. The van der Waals surface area contributed by atoms with Crippen LogP contribution in [0.4, 0.5) is 0 Å². The monoisotopic (exact) mass is 308 g/mol. The van der Waals surface area contributed by atoms with Gasteiger partial charge in [0.2, 0.25) is 0 Å². The quantitative estimate of drug-likeness (QED) is 0.331. The molecule has 4 heteroatoms. The van der Waals surface area contributed by atoms with Crippen LogP contribution in [0.3, 0.4) is 0 Å². The van der Waals surface area contributed by atoms with Crippen molar-refractivity contribution in [2.24, 2.45) is 5.92 Å². The molecule has 0 heterocycles. The molecule has 0 aliphatic heterocycles. The van der Waals surface area contributed by atoms with Gasteiger partial charge in [-0.15, -0.1) is 0 Å². The number of carboxylic acids is 1. The van der Waals surface area contributed by atoms with Crippen molar-refractivity contribution in [3.8, 4) is 0 Å². The molecule has 0 fully saturated rings. The summed E-state index contributed by atoms with van der Waals surface area (Å²) in [6, 6.07) is 0. The Kier molecular flexibility index (Phi) is 20.8. The molecule has 1 unspecified atom stereocenters. The zero-order valence-electron chi connectivity index (χ0n) is 14.5. The minimum Gasteiger partial charge on any atom is -0.548 e. The number of unbranched alkanes of at least 4 members (excludes halogenated alkanes) is 7. The summed E-state index contributed by atoms with van der Waals surface area (Å²) in [5, 5.41) is 10.4. The Morgan fingerprint density at radius 1 is 0.905 bits per heavy atom. The van der Waals surface area contributed by atoms with Crippen molar-refractivity contribution >= 4 is 5.97 Å². The topological polar surface area (TPSA) is 49.4 Å². The van der Waals surface area contributed by atoms with Crippen LogP contribution >= 0.6 is 0 Å². The minimum absolute atomic E-state index is 0. The molecular formula is C17H33NaO3. The molecule has 1 atom stereocenters. The predicted molar refractivity (Wildman–Crippen MR) is 81.5 cm³/mol. The molecule has 120 valence electrons. The fraction of sp³-hybridized carbons (Fsp3) is 0.941. The summed E-state index contributed by atoms with van der Waals surface area (Å²) in [6.07, 6.45) is 13.9. The smallest absolute Gasteiger partial charge is 0.548 e. The third-order valence-corrected chi connectivity index (χ3v) is 3.76. The normalized spacial score (nSPS) is 11.9. The number of ether oxygens (including phenoxy) is 1. The Labute approximate surface area is 153 Å². The fourth-order valence-electron chi connectivity index (χ4n) is 2.52. The SMILES string of the molecule is CCCCCCCC(CCCCCC)COCC(=O)[O-].[Na+]. The van der Waals surface area contributed by atoms with E-state index in [-0.39, 0.29) is 36.2 Å². The van der Waals surface area contributed by atoms with Gasteiger partial charge in [0.15, 0.2) is 0 Å². The number of carboxylic acid groups (broad SMARTS) is 1. The molecule has 0 aromatic carbocycles. The van der Waals surface area contributed by atoms with Gasteiger partial charge in [-0.1, -0.05) is 71.6 Å². The molecule has 3 nitrogen and oxygen atoms in total. The van der Waals surface area contributed by atoms with Crippen LogP contribution < -0.4 is 34.7 Å². The molecule has 0 aliphatic carbocycles. The average molecular weight is 308 g/mol. The third kappa shape index (κ3) is 18.4. The van der Waals surface area contributed by atoms with Gasteiger partial charge in [0.25, 0.3) is 0 Å². The Bertz CT molecular complexity index is 222. The van der Waals surface area contributed by atoms with Gasteiger partial charge in [-0.2, -0.15) is 0 Å². The summed E-state index contributed by atoms with van der Waals surface area (Å²) in [7, 11) is 0. The maximum absolute atomic E-state index is 10.4. The van der Waals surface area contributed by atoms with Crippen molar-refractivity contribution in [3.05, 3.63) is 0 Å². The summed E-state index contributed by atoms with van der Waals surface area (Å²) >= 11 is 0. The molecule has 0 spiro atoms. The first-order chi connectivity index (χ1) is 9.70. The second-order valence-electron chi connectivity index (χ2n) is 5.81. The number of carbonyl (C=O) groups is 1. The third-order valence-electron chi connectivity index (χ3n) is 3.76. The maximum atomic E-state index is 10.4. The van der Waals surface area contributed by atoms with Crippen LogP contribution in [0.25, 0.3) is 0 Å². The molecule has 0 saturated carbocycles. The summed E-state index contributed by atoms with van der Waals surface area (Å²) in [5.41, 5.74) is 0. The summed E-state index contributed by atoms with van der Waals surface area (Å²) in [5.74, 6) is -0.592. The zero-order valence-corrected chi connectivity index (χ0v) is 16.5. The van der Waals surface area contributed by atoms with Crippen molar-refractivity contribution in [1.29, 1.82) is 0 Å². The van der Waals surface area contributed by atoms with Crippen molar-refractivity contribution in [1.82, 2.24) is 0 Å². The van der Waals surface area contributed by atoms with Gasteiger partial charge in [0, 0.05) is 6.61 Å². The van der Waals surface area contributed by atoms with E-state index in [1.807, 2.05) is 0 Å². The van der Waals surface area contributed by atoms with Gasteiger partial charge in [0.1, 0.15) is 0 Å². The van der Waals surface area contributed by atoms with Gasteiger partial charge in [-0.25, -0.2) is 0 Å². The number of carbonyl (C=O) groups excluding carboxylic acids is 1. The largest absolute Gasteiger partial charge is 1.00 e. The Morgan fingerprint density at radius 3 is 1.86 bits per heavy atom.